The van der Waals surface area contributed by atoms with Crippen LogP contribution < -0.4 is 5.32 Å². The van der Waals surface area contributed by atoms with Gasteiger partial charge in [-0.15, -0.1) is 0 Å². The highest BCUT2D eigenvalue weighted by molar-refractivity contribution is 8.00. The fourth-order valence-electron chi connectivity index (χ4n) is 3.20. The van der Waals surface area contributed by atoms with E-state index in [4.69, 9.17) is 0 Å². The van der Waals surface area contributed by atoms with Crippen molar-refractivity contribution >= 4 is 39.6 Å². The topological polar surface area (TPSA) is 70.7 Å². The number of rotatable bonds is 4. The maximum Gasteiger partial charge on any atom is 0.230 e. The minimum atomic E-state index is 0.0878. The molecule has 5 nitrogen and oxygen atoms in total. The van der Waals surface area contributed by atoms with Gasteiger partial charge in [-0.1, -0.05) is 42.8 Å². The second-order valence-electron chi connectivity index (χ2n) is 5.91. The Bertz CT molecular complexity index is 854. The third kappa shape index (κ3) is 2.91. The third-order valence-corrected chi connectivity index (χ3v) is 5.30. The van der Waals surface area contributed by atoms with Crippen molar-refractivity contribution in [1.29, 1.82) is 0 Å². The van der Waals surface area contributed by atoms with E-state index in [0.29, 0.717) is 11.8 Å². The second kappa shape index (κ2) is 6.20. The van der Waals surface area contributed by atoms with E-state index in [0.717, 1.165) is 39.8 Å². The van der Waals surface area contributed by atoms with Gasteiger partial charge in [0, 0.05) is 16.9 Å². The Morgan fingerprint density at radius 3 is 2.96 bits per heavy atom. The Balaban J connectivity index is 1.53. The molecule has 0 spiro atoms. The van der Waals surface area contributed by atoms with E-state index in [1.165, 1.54) is 24.6 Å². The predicted molar refractivity (Wildman–Crippen MR) is 92.5 cm³/mol. The first-order valence-electron chi connectivity index (χ1n) is 7.95. The van der Waals surface area contributed by atoms with Gasteiger partial charge in [0.15, 0.2) is 0 Å². The molecule has 4 rings (SSSR count). The van der Waals surface area contributed by atoms with Crippen LogP contribution in [0, 0.1) is 0 Å². The van der Waals surface area contributed by atoms with Gasteiger partial charge in [-0.05, 0) is 18.9 Å². The second-order valence-corrected chi connectivity index (χ2v) is 6.87. The van der Waals surface area contributed by atoms with Crippen molar-refractivity contribution in [2.45, 2.75) is 36.8 Å². The zero-order valence-electron chi connectivity index (χ0n) is 12.7. The van der Waals surface area contributed by atoms with Crippen molar-refractivity contribution in [3.63, 3.8) is 0 Å². The molecule has 0 saturated heterocycles. The molecule has 2 aromatic heterocycles. The average Bonchev–Trinajstić information content (AvgIpc) is 3.20. The smallest absolute Gasteiger partial charge is 0.230 e. The van der Waals surface area contributed by atoms with Crippen LogP contribution in [0.25, 0.3) is 21.9 Å². The molecule has 0 aliphatic heterocycles. The summed E-state index contributed by atoms with van der Waals surface area (Å²) >= 11 is 1.46. The molecule has 0 radical (unpaired) electrons. The zero-order valence-corrected chi connectivity index (χ0v) is 13.5. The number of fused-ring (bicyclic) bond motifs is 3. The summed E-state index contributed by atoms with van der Waals surface area (Å²) in [6, 6.07) is 8.43. The van der Waals surface area contributed by atoms with E-state index >= 15 is 0 Å². The van der Waals surface area contributed by atoms with Gasteiger partial charge in [-0.3, -0.25) is 4.79 Å². The van der Waals surface area contributed by atoms with Gasteiger partial charge < -0.3 is 10.3 Å². The van der Waals surface area contributed by atoms with E-state index in [1.807, 2.05) is 24.3 Å². The number of nitrogens with one attached hydrogen (secondary N) is 2. The quantitative estimate of drug-likeness (QED) is 0.570. The maximum atomic E-state index is 12.1. The van der Waals surface area contributed by atoms with Crippen molar-refractivity contribution in [1.82, 2.24) is 20.3 Å². The lowest BCUT2D eigenvalue weighted by atomic mass is 10.2. The van der Waals surface area contributed by atoms with Crippen molar-refractivity contribution in [2.24, 2.45) is 0 Å². The molecule has 0 atom stereocenters. The molecule has 1 fully saturated rings. The first kappa shape index (κ1) is 14.5. The van der Waals surface area contributed by atoms with E-state index in [2.05, 4.69) is 20.3 Å². The molecule has 1 aliphatic rings. The molecule has 3 aromatic rings. The Morgan fingerprint density at radius 1 is 1.26 bits per heavy atom. The Kier molecular flexibility index (Phi) is 3.91. The summed E-state index contributed by atoms with van der Waals surface area (Å²) in [5.74, 6) is 0.475. The molecule has 118 valence electrons. The van der Waals surface area contributed by atoms with Crippen LogP contribution in [0.3, 0.4) is 0 Å². The maximum absolute atomic E-state index is 12.1. The van der Waals surface area contributed by atoms with Gasteiger partial charge in [0.2, 0.25) is 5.91 Å². The highest BCUT2D eigenvalue weighted by Crippen LogP contribution is 2.29. The van der Waals surface area contributed by atoms with Crippen LogP contribution in [0.1, 0.15) is 25.7 Å². The molecule has 6 heteroatoms. The molecule has 0 unspecified atom stereocenters. The summed E-state index contributed by atoms with van der Waals surface area (Å²) in [4.78, 5) is 24.2. The highest BCUT2D eigenvalue weighted by atomic mass is 32.2. The van der Waals surface area contributed by atoms with Gasteiger partial charge in [-0.25, -0.2) is 9.97 Å². The summed E-state index contributed by atoms with van der Waals surface area (Å²) in [5.41, 5.74) is 2.86. The number of carbonyl (C=O) groups is 1. The number of aromatic nitrogens is 3. The SMILES string of the molecule is O=C(CSc1ncnc2c1[nH]c1ccccc12)NC1CCCC1. The normalized spacial score (nSPS) is 15.5. The zero-order chi connectivity index (χ0) is 15.6. The fourth-order valence-corrected chi connectivity index (χ4v) is 3.97. The first-order chi connectivity index (χ1) is 11.3. The van der Waals surface area contributed by atoms with Crippen LogP contribution in [-0.4, -0.2) is 32.7 Å². The molecule has 2 N–H and O–H groups in total. The number of hydrogen-bond acceptors (Lipinski definition) is 4. The Hall–Kier alpha value is -2.08. The average molecular weight is 326 g/mol. The molecular weight excluding hydrogens is 308 g/mol. The monoisotopic (exact) mass is 326 g/mol. The van der Waals surface area contributed by atoms with Crippen molar-refractivity contribution in [2.75, 3.05) is 5.75 Å². The summed E-state index contributed by atoms with van der Waals surface area (Å²) in [5, 5.41) is 5.02. The largest absolute Gasteiger partial charge is 0.353 e. The number of para-hydroxylation sites is 1. The standard InChI is InChI=1S/C17H18N4OS/c22-14(20-11-5-1-2-6-11)9-23-17-16-15(18-10-19-17)12-7-3-4-8-13(12)21-16/h3-4,7-8,10-11,21H,1-2,5-6,9H2,(H,20,22). The molecule has 1 aliphatic carbocycles. The predicted octanol–water partition coefficient (Wildman–Crippen LogP) is 3.26. The van der Waals surface area contributed by atoms with E-state index in [1.54, 1.807) is 6.33 Å². The van der Waals surface area contributed by atoms with Gasteiger partial charge in [0.05, 0.1) is 11.3 Å². The highest BCUT2D eigenvalue weighted by Gasteiger charge is 2.18. The number of H-pyrrole nitrogens is 1. The van der Waals surface area contributed by atoms with Gasteiger partial charge in [0.25, 0.3) is 0 Å². The summed E-state index contributed by atoms with van der Waals surface area (Å²) in [6.45, 7) is 0. The summed E-state index contributed by atoms with van der Waals surface area (Å²) < 4.78 is 0. The van der Waals surface area contributed by atoms with Crippen LogP contribution in [0.15, 0.2) is 35.6 Å². The van der Waals surface area contributed by atoms with Crippen LogP contribution in [-0.2, 0) is 4.79 Å². The molecular formula is C17H18N4OS. The van der Waals surface area contributed by atoms with E-state index in [9.17, 15) is 4.79 Å². The van der Waals surface area contributed by atoms with Crippen molar-refractivity contribution in [3.05, 3.63) is 30.6 Å². The molecule has 2 heterocycles. The number of carbonyl (C=O) groups excluding carboxylic acids is 1. The minimum absolute atomic E-state index is 0.0878. The lowest BCUT2D eigenvalue weighted by Gasteiger charge is -2.11. The number of thioether (sulfide) groups is 1. The van der Waals surface area contributed by atoms with Crippen LogP contribution in [0.4, 0.5) is 0 Å². The molecule has 1 saturated carbocycles. The van der Waals surface area contributed by atoms with Crippen molar-refractivity contribution < 1.29 is 4.79 Å². The number of amides is 1. The van der Waals surface area contributed by atoms with E-state index < -0.39 is 0 Å². The lowest BCUT2D eigenvalue weighted by molar-refractivity contribution is -0.119. The molecule has 1 aromatic carbocycles. The number of benzene rings is 1. The number of nitrogens with zero attached hydrogens (tertiary/aromatic N) is 2. The lowest BCUT2D eigenvalue weighted by Crippen LogP contribution is -2.33. The van der Waals surface area contributed by atoms with Crippen LogP contribution >= 0.6 is 11.8 Å². The number of aromatic amines is 1. The number of hydrogen-bond donors (Lipinski definition) is 2. The third-order valence-electron chi connectivity index (χ3n) is 4.31. The van der Waals surface area contributed by atoms with Crippen LogP contribution in [0.2, 0.25) is 0 Å². The minimum Gasteiger partial charge on any atom is -0.353 e. The molecule has 0 bridgehead atoms. The van der Waals surface area contributed by atoms with Gasteiger partial charge in [0.1, 0.15) is 16.9 Å². The van der Waals surface area contributed by atoms with Crippen LogP contribution in [0.5, 0.6) is 0 Å². The van der Waals surface area contributed by atoms with Crippen molar-refractivity contribution in [3.8, 4) is 0 Å². The fraction of sp³-hybridized carbons (Fsp3) is 0.353. The first-order valence-corrected chi connectivity index (χ1v) is 8.93. The summed E-state index contributed by atoms with van der Waals surface area (Å²) in [7, 11) is 0. The van der Waals surface area contributed by atoms with Gasteiger partial charge in [-0.2, -0.15) is 0 Å². The van der Waals surface area contributed by atoms with E-state index in [-0.39, 0.29) is 5.91 Å². The summed E-state index contributed by atoms with van der Waals surface area (Å²) in [6.07, 6.45) is 6.23. The molecule has 1 amide bonds. The Morgan fingerprint density at radius 2 is 2.09 bits per heavy atom. The van der Waals surface area contributed by atoms with Gasteiger partial charge >= 0.3 is 0 Å². The Labute approximate surface area is 138 Å². The molecule has 23 heavy (non-hydrogen) atoms.